The molecule has 0 aliphatic carbocycles. The second kappa shape index (κ2) is 9.64. The van der Waals surface area contributed by atoms with Gasteiger partial charge < -0.3 is 14.2 Å². The molecule has 0 saturated carbocycles. The second-order valence-electron chi connectivity index (χ2n) is 5.39. The van der Waals surface area contributed by atoms with Crippen LogP contribution in [0.5, 0.6) is 11.5 Å². The fraction of sp³-hybridized carbons (Fsp3) is 0.647. The van der Waals surface area contributed by atoms with Crippen LogP contribution in [0.3, 0.4) is 0 Å². The van der Waals surface area contributed by atoms with Gasteiger partial charge in [0.2, 0.25) is 0 Å². The molecule has 1 aliphatic heterocycles. The van der Waals surface area contributed by atoms with Crippen LogP contribution in [0, 0.1) is 0 Å². The van der Waals surface area contributed by atoms with E-state index in [1.54, 1.807) is 7.11 Å². The van der Waals surface area contributed by atoms with E-state index in [0.717, 1.165) is 50.8 Å². The molecule has 0 spiro atoms. The maximum absolute atomic E-state index is 5.72. The van der Waals surface area contributed by atoms with Crippen molar-refractivity contribution in [3.63, 3.8) is 0 Å². The molecule has 118 valence electrons. The minimum Gasteiger partial charge on any atom is -0.497 e. The Labute approximate surface area is 128 Å². The monoisotopic (exact) mass is 293 g/mol. The summed E-state index contributed by atoms with van der Waals surface area (Å²) < 4.78 is 16.2. The molecule has 1 aromatic carbocycles. The van der Waals surface area contributed by atoms with Crippen molar-refractivity contribution < 1.29 is 14.2 Å². The molecular weight excluding hydrogens is 266 g/mol. The number of hydrogen-bond donors (Lipinski definition) is 0. The highest BCUT2D eigenvalue weighted by molar-refractivity contribution is 5.31. The van der Waals surface area contributed by atoms with E-state index in [1.165, 1.54) is 25.8 Å². The van der Waals surface area contributed by atoms with Crippen molar-refractivity contribution in [2.45, 2.75) is 25.7 Å². The number of rotatable bonds is 9. The van der Waals surface area contributed by atoms with Gasteiger partial charge in [-0.15, -0.1) is 0 Å². The van der Waals surface area contributed by atoms with E-state index in [2.05, 4.69) is 4.90 Å². The third kappa shape index (κ3) is 6.36. The largest absolute Gasteiger partial charge is 0.497 e. The van der Waals surface area contributed by atoms with Crippen LogP contribution in [-0.2, 0) is 4.74 Å². The van der Waals surface area contributed by atoms with Gasteiger partial charge in [0.25, 0.3) is 0 Å². The summed E-state index contributed by atoms with van der Waals surface area (Å²) in [6.07, 6.45) is 4.92. The summed E-state index contributed by atoms with van der Waals surface area (Å²) in [6, 6.07) is 7.77. The van der Waals surface area contributed by atoms with E-state index >= 15 is 0 Å². The molecular formula is C17H27NO3. The van der Waals surface area contributed by atoms with Gasteiger partial charge in [-0.3, -0.25) is 4.90 Å². The van der Waals surface area contributed by atoms with Crippen LogP contribution in [0.4, 0.5) is 0 Å². The quantitative estimate of drug-likeness (QED) is 0.655. The van der Waals surface area contributed by atoms with Crippen molar-refractivity contribution in [3.8, 4) is 11.5 Å². The first kappa shape index (κ1) is 16.1. The molecule has 1 aliphatic rings. The molecule has 0 N–H and O–H groups in total. The van der Waals surface area contributed by atoms with Crippen molar-refractivity contribution in [2.24, 2.45) is 0 Å². The Kier molecular flexibility index (Phi) is 7.39. The normalized spacial score (nSPS) is 15.9. The molecule has 0 aromatic heterocycles. The van der Waals surface area contributed by atoms with E-state index in [4.69, 9.17) is 14.2 Å². The zero-order valence-electron chi connectivity index (χ0n) is 13.1. The Morgan fingerprint density at radius 3 is 2.33 bits per heavy atom. The summed E-state index contributed by atoms with van der Waals surface area (Å²) in [5, 5.41) is 0. The summed E-state index contributed by atoms with van der Waals surface area (Å²) >= 11 is 0. The van der Waals surface area contributed by atoms with Gasteiger partial charge in [0.15, 0.2) is 0 Å². The molecule has 4 nitrogen and oxygen atoms in total. The van der Waals surface area contributed by atoms with Crippen molar-refractivity contribution in [3.05, 3.63) is 24.3 Å². The van der Waals surface area contributed by atoms with Crippen molar-refractivity contribution in [1.29, 1.82) is 0 Å². The van der Waals surface area contributed by atoms with Crippen LogP contribution < -0.4 is 9.47 Å². The molecule has 1 heterocycles. The Hall–Kier alpha value is -1.26. The molecule has 1 aromatic rings. The second-order valence-corrected chi connectivity index (χ2v) is 5.39. The van der Waals surface area contributed by atoms with Gasteiger partial charge >= 0.3 is 0 Å². The lowest BCUT2D eigenvalue weighted by molar-refractivity contribution is 0.0371. The number of nitrogens with zero attached hydrogens (tertiary/aromatic N) is 1. The first-order valence-corrected chi connectivity index (χ1v) is 7.95. The standard InChI is InChI=1S/C17H27NO3/c1-19-16-6-8-17(9-7-16)21-13-5-3-2-4-10-18-11-14-20-15-12-18/h6-9H,2-5,10-15H2,1H3. The van der Waals surface area contributed by atoms with Crippen molar-refractivity contribution in [1.82, 2.24) is 4.90 Å². The lowest BCUT2D eigenvalue weighted by Crippen LogP contribution is -2.36. The predicted octanol–water partition coefficient (Wildman–Crippen LogP) is 2.97. The van der Waals surface area contributed by atoms with Gasteiger partial charge in [-0.1, -0.05) is 12.8 Å². The number of methoxy groups -OCH3 is 1. The molecule has 0 unspecified atom stereocenters. The Morgan fingerprint density at radius 1 is 0.952 bits per heavy atom. The zero-order chi connectivity index (χ0) is 14.8. The fourth-order valence-corrected chi connectivity index (χ4v) is 2.48. The zero-order valence-corrected chi connectivity index (χ0v) is 13.1. The minimum atomic E-state index is 0.796. The number of hydrogen-bond acceptors (Lipinski definition) is 4. The number of ether oxygens (including phenoxy) is 3. The van der Waals surface area contributed by atoms with Crippen LogP contribution in [0.1, 0.15) is 25.7 Å². The van der Waals surface area contributed by atoms with E-state index in [0.29, 0.717) is 0 Å². The molecule has 0 atom stereocenters. The summed E-state index contributed by atoms with van der Waals surface area (Å²) in [5.41, 5.74) is 0. The van der Waals surface area contributed by atoms with Gasteiger partial charge in [0, 0.05) is 13.1 Å². The maximum Gasteiger partial charge on any atom is 0.119 e. The Morgan fingerprint density at radius 2 is 1.62 bits per heavy atom. The SMILES string of the molecule is COc1ccc(OCCCCCCN2CCOCC2)cc1. The molecule has 1 saturated heterocycles. The molecule has 1 fully saturated rings. The van der Waals surface area contributed by atoms with Gasteiger partial charge in [0.05, 0.1) is 26.9 Å². The van der Waals surface area contributed by atoms with Gasteiger partial charge in [-0.2, -0.15) is 0 Å². The Balaban J connectivity index is 1.46. The number of unbranched alkanes of at least 4 members (excludes halogenated alkanes) is 3. The first-order valence-electron chi connectivity index (χ1n) is 7.95. The average molecular weight is 293 g/mol. The average Bonchev–Trinajstić information content (AvgIpc) is 2.55. The molecule has 0 amide bonds. The van der Waals surface area contributed by atoms with E-state index in [-0.39, 0.29) is 0 Å². The highest BCUT2D eigenvalue weighted by Crippen LogP contribution is 2.17. The molecule has 21 heavy (non-hydrogen) atoms. The minimum absolute atomic E-state index is 0.796. The van der Waals surface area contributed by atoms with Crippen LogP contribution >= 0.6 is 0 Å². The van der Waals surface area contributed by atoms with Gasteiger partial charge in [-0.05, 0) is 43.7 Å². The third-order valence-corrected chi connectivity index (χ3v) is 3.80. The lowest BCUT2D eigenvalue weighted by Gasteiger charge is -2.26. The number of morpholine rings is 1. The van der Waals surface area contributed by atoms with Crippen LogP contribution in [-0.4, -0.2) is 51.5 Å². The summed E-state index contributed by atoms with van der Waals surface area (Å²) in [5.74, 6) is 1.79. The molecule has 0 bridgehead atoms. The smallest absolute Gasteiger partial charge is 0.119 e. The topological polar surface area (TPSA) is 30.9 Å². The van der Waals surface area contributed by atoms with Crippen LogP contribution in [0.25, 0.3) is 0 Å². The molecule has 4 heteroatoms. The van der Waals surface area contributed by atoms with E-state index in [9.17, 15) is 0 Å². The lowest BCUT2D eigenvalue weighted by atomic mass is 10.2. The third-order valence-electron chi connectivity index (χ3n) is 3.80. The Bertz CT molecular complexity index is 374. The van der Waals surface area contributed by atoms with Crippen molar-refractivity contribution in [2.75, 3.05) is 46.6 Å². The molecule has 2 rings (SSSR count). The van der Waals surface area contributed by atoms with E-state index < -0.39 is 0 Å². The fourth-order valence-electron chi connectivity index (χ4n) is 2.48. The van der Waals surface area contributed by atoms with Crippen LogP contribution in [0.15, 0.2) is 24.3 Å². The summed E-state index contributed by atoms with van der Waals surface area (Å²) in [7, 11) is 1.67. The van der Waals surface area contributed by atoms with Crippen molar-refractivity contribution >= 4 is 0 Å². The first-order chi connectivity index (χ1) is 10.4. The highest BCUT2D eigenvalue weighted by atomic mass is 16.5. The van der Waals surface area contributed by atoms with Crippen LogP contribution in [0.2, 0.25) is 0 Å². The summed E-state index contributed by atoms with van der Waals surface area (Å²) in [4.78, 5) is 2.50. The highest BCUT2D eigenvalue weighted by Gasteiger charge is 2.08. The number of benzene rings is 1. The molecule has 0 radical (unpaired) electrons. The summed E-state index contributed by atoms with van der Waals surface area (Å²) in [6.45, 7) is 6.00. The predicted molar refractivity (Wildman–Crippen MR) is 84.2 cm³/mol. The maximum atomic E-state index is 5.72. The van der Waals surface area contributed by atoms with Gasteiger partial charge in [-0.25, -0.2) is 0 Å². The van der Waals surface area contributed by atoms with E-state index in [1.807, 2.05) is 24.3 Å². The van der Waals surface area contributed by atoms with Gasteiger partial charge in [0.1, 0.15) is 11.5 Å².